The number of hydrogen-bond donors (Lipinski definition) is 2. The average Bonchev–Trinajstić information content (AvgIpc) is 3.45. The number of ether oxygens (including phenoxy) is 2. The zero-order chi connectivity index (χ0) is 26.0. The van der Waals surface area contributed by atoms with Crippen molar-refractivity contribution in [2.75, 3.05) is 50.0 Å². The van der Waals surface area contributed by atoms with Gasteiger partial charge < -0.3 is 25.0 Å². The summed E-state index contributed by atoms with van der Waals surface area (Å²) in [7, 11) is 0. The molecule has 0 saturated carbocycles. The quantitative estimate of drug-likeness (QED) is 0.476. The van der Waals surface area contributed by atoms with E-state index in [0.29, 0.717) is 36.2 Å². The van der Waals surface area contributed by atoms with Crippen molar-refractivity contribution in [2.24, 2.45) is 0 Å². The molecule has 2 aliphatic heterocycles. The number of thiazole rings is 1. The van der Waals surface area contributed by atoms with Crippen LogP contribution in [0.4, 0.5) is 21.7 Å². The minimum absolute atomic E-state index is 0.0483. The largest absolute Gasteiger partial charge is 0.444 e. The summed E-state index contributed by atoms with van der Waals surface area (Å²) >= 11 is 5.32. The SMILES string of the molecule is CC(C)(C)OC(=O)N1CCC(Nc2nc(CN3CCOCC3)cc(Nc3nc4c(s3)CC(Br)C=C4)n2)C1. The zero-order valence-corrected chi connectivity index (χ0v) is 23.9. The summed E-state index contributed by atoms with van der Waals surface area (Å²) in [5, 5.41) is 7.68. The molecule has 10 nitrogen and oxygen atoms in total. The van der Waals surface area contributed by atoms with Gasteiger partial charge in [0, 0.05) is 61.0 Å². The Bertz CT molecular complexity index is 1150. The number of nitrogens with zero attached hydrogens (tertiary/aromatic N) is 5. The normalized spacial score (nSPS) is 22.1. The number of nitrogens with one attached hydrogen (secondary N) is 2. The van der Waals surface area contributed by atoms with Crippen molar-refractivity contribution >= 4 is 56.3 Å². The number of carbonyl (C=O) groups excluding carboxylic acids is 1. The Morgan fingerprint density at radius 3 is 2.84 bits per heavy atom. The van der Waals surface area contributed by atoms with Gasteiger partial charge in [-0.25, -0.2) is 14.8 Å². The maximum absolute atomic E-state index is 12.5. The molecule has 1 amide bonds. The molecule has 37 heavy (non-hydrogen) atoms. The molecule has 200 valence electrons. The van der Waals surface area contributed by atoms with Crippen LogP contribution in [0.3, 0.4) is 0 Å². The van der Waals surface area contributed by atoms with Crippen LogP contribution in [0, 0.1) is 0 Å². The summed E-state index contributed by atoms with van der Waals surface area (Å²) in [6, 6.07) is 2.04. The van der Waals surface area contributed by atoms with E-state index in [4.69, 9.17) is 24.4 Å². The number of hydrogen-bond acceptors (Lipinski definition) is 10. The van der Waals surface area contributed by atoms with Gasteiger partial charge >= 0.3 is 6.09 Å². The fraction of sp³-hybridized carbons (Fsp3) is 0.600. The molecule has 2 fully saturated rings. The lowest BCUT2D eigenvalue weighted by Gasteiger charge is -2.26. The number of amides is 1. The van der Waals surface area contributed by atoms with Crippen molar-refractivity contribution in [3.8, 4) is 0 Å². The fourth-order valence-corrected chi connectivity index (χ4v) is 6.20. The molecule has 12 heteroatoms. The molecule has 0 bridgehead atoms. The number of allylic oxidation sites excluding steroid dienone is 1. The summed E-state index contributed by atoms with van der Waals surface area (Å²) < 4.78 is 11.0. The van der Waals surface area contributed by atoms with Crippen molar-refractivity contribution in [1.82, 2.24) is 24.8 Å². The third-order valence-corrected chi connectivity index (χ3v) is 7.89. The zero-order valence-electron chi connectivity index (χ0n) is 21.5. The van der Waals surface area contributed by atoms with Crippen LogP contribution in [-0.2, 0) is 22.4 Å². The number of carbonyl (C=O) groups is 1. The number of aromatic nitrogens is 3. The number of alkyl halides is 1. The van der Waals surface area contributed by atoms with Crippen LogP contribution in [0.25, 0.3) is 6.08 Å². The minimum Gasteiger partial charge on any atom is -0.444 e. The first-order valence-electron chi connectivity index (χ1n) is 12.7. The van der Waals surface area contributed by atoms with Gasteiger partial charge in [-0.15, -0.1) is 11.3 Å². The van der Waals surface area contributed by atoms with Gasteiger partial charge in [-0.3, -0.25) is 4.90 Å². The molecule has 2 aromatic rings. The maximum Gasteiger partial charge on any atom is 0.410 e. The van der Waals surface area contributed by atoms with E-state index in [1.165, 1.54) is 4.88 Å². The van der Waals surface area contributed by atoms with Gasteiger partial charge in [-0.2, -0.15) is 4.98 Å². The molecule has 2 atom stereocenters. The van der Waals surface area contributed by atoms with E-state index in [1.54, 1.807) is 16.2 Å². The first kappa shape index (κ1) is 26.3. The first-order chi connectivity index (χ1) is 17.7. The minimum atomic E-state index is -0.514. The molecule has 1 aliphatic carbocycles. The summed E-state index contributed by atoms with van der Waals surface area (Å²) in [5.74, 6) is 1.25. The monoisotopic (exact) mass is 591 g/mol. The van der Waals surface area contributed by atoms with Crippen molar-refractivity contribution < 1.29 is 14.3 Å². The van der Waals surface area contributed by atoms with E-state index in [-0.39, 0.29) is 12.1 Å². The van der Waals surface area contributed by atoms with E-state index in [0.717, 1.165) is 55.7 Å². The van der Waals surface area contributed by atoms with Crippen LogP contribution in [-0.4, -0.2) is 86.7 Å². The third-order valence-electron chi connectivity index (χ3n) is 6.25. The lowest BCUT2D eigenvalue weighted by atomic mass is 10.1. The highest BCUT2D eigenvalue weighted by Gasteiger charge is 2.30. The van der Waals surface area contributed by atoms with Gasteiger partial charge in [0.05, 0.1) is 24.6 Å². The number of halogens is 1. The molecular weight excluding hydrogens is 558 g/mol. The molecule has 0 spiro atoms. The van der Waals surface area contributed by atoms with Gasteiger partial charge in [0.2, 0.25) is 5.95 Å². The van der Waals surface area contributed by atoms with Gasteiger partial charge in [0.25, 0.3) is 0 Å². The highest BCUT2D eigenvalue weighted by molar-refractivity contribution is 9.09. The highest BCUT2D eigenvalue weighted by atomic mass is 79.9. The Balaban J connectivity index is 1.31. The summed E-state index contributed by atoms with van der Waals surface area (Å²) in [6.07, 6.45) is 5.64. The van der Waals surface area contributed by atoms with Gasteiger partial charge in [-0.1, -0.05) is 22.0 Å². The Kier molecular flexibility index (Phi) is 7.99. The molecule has 3 aliphatic rings. The predicted molar refractivity (Wildman–Crippen MR) is 149 cm³/mol. The molecule has 2 N–H and O–H groups in total. The van der Waals surface area contributed by atoms with Crippen LogP contribution in [0.5, 0.6) is 0 Å². The van der Waals surface area contributed by atoms with Crippen molar-refractivity contribution in [3.63, 3.8) is 0 Å². The second-order valence-corrected chi connectivity index (χ2v) is 12.8. The van der Waals surface area contributed by atoms with Crippen LogP contribution < -0.4 is 10.6 Å². The summed E-state index contributed by atoms with van der Waals surface area (Å²) in [5.41, 5.74) is 1.42. The standard InChI is InChI=1S/C25H34BrN7O3S/c1-25(2,3)36-24(34)33-7-6-17(15-33)27-22-28-18(14-32-8-10-35-11-9-32)13-21(30-22)31-23-29-19-5-4-16(26)12-20(19)37-23/h4-5,13,16-17H,6-12,14-15H2,1-3H3,(H2,27,28,29,30,31). The lowest BCUT2D eigenvalue weighted by Crippen LogP contribution is -2.37. The van der Waals surface area contributed by atoms with E-state index < -0.39 is 5.60 Å². The van der Waals surface area contributed by atoms with E-state index >= 15 is 0 Å². The number of likely N-dealkylation sites (tertiary alicyclic amines) is 1. The second kappa shape index (κ2) is 11.2. The van der Waals surface area contributed by atoms with Crippen LogP contribution in [0.2, 0.25) is 0 Å². The lowest BCUT2D eigenvalue weighted by molar-refractivity contribution is 0.0293. The van der Waals surface area contributed by atoms with E-state index in [9.17, 15) is 4.79 Å². The molecule has 5 rings (SSSR count). The third kappa shape index (κ3) is 7.18. The van der Waals surface area contributed by atoms with Crippen LogP contribution in [0.15, 0.2) is 12.1 Å². The Hall–Kier alpha value is -2.28. The van der Waals surface area contributed by atoms with Crippen molar-refractivity contribution in [1.29, 1.82) is 0 Å². The number of rotatable bonds is 6. The van der Waals surface area contributed by atoms with Gasteiger partial charge in [-0.05, 0) is 33.3 Å². The van der Waals surface area contributed by atoms with Crippen molar-refractivity contribution in [3.05, 3.63) is 28.4 Å². The summed E-state index contributed by atoms with van der Waals surface area (Å²) in [4.78, 5) is 32.5. The molecule has 2 saturated heterocycles. The Labute approximate surface area is 230 Å². The molecule has 0 aromatic carbocycles. The predicted octanol–water partition coefficient (Wildman–Crippen LogP) is 4.26. The van der Waals surface area contributed by atoms with Gasteiger partial charge in [0.1, 0.15) is 11.4 Å². The molecule has 2 aromatic heterocycles. The number of fused-ring (bicyclic) bond motifs is 1. The van der Waals surface area contributed by atoms with E-state index in [2.05, 4.69) is 43.6 Å². The Morgan fingerprint density at radius 2 is 2.05 bits per heavy atom. The molecule has 2 unspecified atom stereocenters. The van der Waals surface area contributed by atoms with Crippen LogP contribution >= 0.6 is 27.3 Å². The second-order valence-electron chi connectivity index (χ2n) is 10.5. The molecule has 0 radical (unpaired) electrons. The fourth-order valence-electron chi connectivity index (χ4n) is 4.49. The molecular formula is C25H34BrN7O3S. The van der Waals surface area contributed by atoms with Crippen molar-refractivity contribution in [2.45, 2.75) is 56.6 Å². The molecule has 4 heterocycles. The maximum atomic E-state index is 12.5. The Morgan fingerprint density at radius 1 is 1.24 bits per heavy atom. The average molecular weight is 593 g/mol. The van der Waals surface area contributed by atoms with Crippen LogP contribution in [0.1, 0.15) is 43.5 Å². The topological polar surface area (TPSA) is 105 Å². The number of anilines is 3. The number of morpholine rings is 1. The van der Waals surface area contributed by atoms with Gasteiger partial charge in [0.15, 0.2) is 5.13 Å². The smallest absolute Gasteiger partial charge is 0.410 e. The first-order valence-corrected chi connectivity index (χ1v) is 14.4. The summed E-state index contributed by atoms with van der Waals surface area (Å²) in [6.45, 7) is 10.8. The highest BCUT2D eigenvalue weighted by Crippen LogP contribution is 2.32. The van der Waals surface area contributed by atoms with E-state index in [1.807, 2.05) is 26.8 Å².